The van der Waals surface area contributed by atoms with Crippen LogP contribution in [0.4, 0.5) is 5.69 Å². The molecule has 0 heterocycles. The molecule has 0 saturated carbocycles. The fraction of sp³-hybridized carbons (Fsp3) is 0.455. The zero-order chi connectivity index (χ0) is 18.9. The summed E-state index contributed by atoms with van der Waals surface area (Å²) >= 11 is 0. The summed E-state index contributed by atoms with van der Waals surface area (Å²) in [6.45, 7) is 8.37. The summed E-state index contributed by atoms with van der Waals surface area (Å²) in [5, 5.41) is 0. The topological polar surface area (TPSA) is 46.2 Å². The first-order valence-electron chi connectivity index (χ1n) is 9.57. The summed E-state index contributed by atoms with van der Waals surface area (Å²) in [6.07, 6.45) is 4.35. The molecule has 0 saturated heterocycles. The van der Waals surface area contributed by atoms with Gasteiger partial charge >= 0.3 is 0 Å². The van der Waals surface area contributed by atoms with Crippen LogP contribution in [-0.4, -0.2) is 8.42 Å². The number of fused-ring (bicyclic) bond motifs is 1. The zero-order valence-electron chi connectivity index (χ0n) is 16.2. The Bertz CT molecular complexity index is 872. The first-order valence-corrected chi connectivity index (χ1v) is 11.1. The van der Waals surface area contributed by atoms with E-state index >= 15 is 0 Å². The molecule has 140 valence electrons. The Labute approximate surface area is 157 Å². The summed E-state index contributed by atoms with van der Waals surface area (Å²) in [4.78, 5) is 0.367. The average Bonchev–Trinajstić information content (AvgIpc) is 2.60. The normalized spacial score (nSPS) is 14.5. The third-order valence-electron chi connectivity index (χ3n) is 5.24. The van der Waals surface area contributed by atoms with Crippen molar-refractivity contribution in [3.8, 4) is 0 Å². The van der Waals surface area contributed by atoms with E-state index in [4.69, 9.17) is 0 Å². The van der Waals surface area contributed by atoms with Gasteiger partial charge in [0.05, 0.1) is 10.6 Å². The lowest BCUT2D eigenvalue weighted by atomic mass is 9.92. The summed E-state index contributed by atoms with van der Waals surface area (Å²) in [5.41, 5.74) is 5.30. The van der Waals surface area contributed by atoms with Gasteiger partial charge in [-0.15, -0.1) is 0 Å². The molecule has 0 amide bonds. The van der Waals surface area contributed by atoms with E-state index in [9.17, 15) is 8.42 Å². The number of nitrogens with one attached hydrogen (secondary N) is 1. The molecule has 0 radical (unpaired) electrons. The van der Waals surface area contributed by atoms with Gasteiger partial charge in [0.15, 0.2) is 0 Å². The van der Waals surface area contributed by atoms with Gasteiger partial charge in [0.1, 0.15) is 0 Å². The molecule has 0 fully saturated rings. The van der Waals surface area contributed by atoms with Crippen LogP contribution in [0.25, 0.3) is 0 Å². The predicted molar refractivity (Wildman–Crippen MR) is 109 cm³/mol. The second-order valence-electron chi connectivity index (χ2n) is 7.86. The first-order chi connectivity index (χ1) is 12.3. The van der Waals surface area contributed by atoms with E-state index in [2.05, 4.69) is 32.4 Å². The van der Waals surface area contributed by atoms with Crippen molar-refractivity contribution in [2.45, 2.75) is 70.1 Å². The number of hydrogen-bond acceptors (Lipinski definition) is 2. The zero-order valence-corrected chi connectivity index (χ0v) is 17.0. The molecule has 0 bridgehead atoms. The van der Waals surface area contributed by atoms with Gasteiger partial charge in [0.2, 0.25) is 0 Å². The Morgan fingerprint density at radius 3 is 2.00 bits per heavy atom. The third-order valence-corrected chi connectivity index (χ3v) is 6.59. The van der Waals surface area contributed by atoms with Gasteiger partial charge in [-0.3, -0.25) is 4.72 Å². The highest BCUT2D eigenvalue weighted by Crippen LogP contribution is 2.34. The standard InChI is InChI=1S/C22H29NO2S/c1-15(2)20-10-7-11-21(16(3)4)22(20)23-26(24,25)19-13-12-17-8-5-6-9-18(17)14-19/h7,10-16,23H,5-6,8-9H2,1-4H3. The molecule has 2 aromatic carbocycles. The number of anilines is 1. The molecule has 4 heteroatoms. The van der Waals surface area contributed by atoms with Crippen molar-refractivity contribution in [1.82, 2.24) is 0 Å². The molecule has 1 aliphatic rings. The van der Waals surface area contributed by atoms with Crippen LogP contribution in [0.2, 0.25) is 0 Å². The highest BCUT2D eigenvalue weighted by molar-refractivity contribution is 7.92. The lowest BCUT2D eigenvalue weighted by Gasteiger charge is -2.21. The van der Waals surface area contributed by atoms with Crippen LogP contribution in [0.5, 0.6) is 0 Å². The van der Waals surface area contributed by atoms with Gasteiger partial charge in [-0.05, 0) is 71.9 Å². The molecule has 26 heavy (non-hydrogen) atoms. The molecule has 3 rings (SSSR count). The molecule has 3 nitrogen and oxygen atoms in total. The Kier molecular flexibility index (Phi) is 5.42. The molecule has 0 aromatic heterocycles. The first kappa shape index (κ1) is 19.0. The lowest BCUT2D eigenvalue weighted by molar-refractivity contribution is 0.600. The third kappa shape index (κ3) is 3.80. The quantitative estimate of drug-likeness (QED) is 0.742. The maximum absolute atomic E-state index is 13.1. The van der Waals surface area contributed by atoms with E-state index in [-0.39, 0.29) is 11.8 Å². The second-order valence-corrected chi connectivity index (χ2v) is 9.55. The number of para-hydroxylation sites is 1. The van der Waals surface area contributed by atoms with Crippen LogP contribution in [0.15, 0.2) is 41.3 Å². The van der Waals surface area contributed by atoms with Gasteiger partial charge in [-0.2, -0.15) is 0 Å². The Hall–Kier alpha value is -1.81. The van der Waals surface area contributed by atoms with Crippen molar-refractivity contribution in [1.29, 1.82) is 0 Å². The molecule has 0 unspecified atom stereocenters. The van der Waals surface area contributed by atoms with Crippen LogP contribution < -0.4 is 4.72 Å². The second kappa shape index (κ2) is 7.43. The van der Waals surface area contributed by atoms with E-state index in [1.165, 1.54) is 17.5 Å². The Balaban J connectivity index is 2.03. The fourth-order valence-corrected chi connectivity index (χ4v) is 4.91. The van der Waals surface area contributed by atoms with Crippen molar-refractivity contribution in [3.63, 3.8) is 0 Å². The minimum atomic E-state index is -3.61. The van der Waals surface area contributed by atoms with Crippen molar-refractivity contribution >= 4 is 15.7 Å². The molecule has 0 atom stereocenters. The smallest absolute Gasteiger partial charge is 0.261 e. The van der Waals surface area contributed by atoms with Gasteiger partial charge in [-0.25, -0.2) is 8.42 Å². The molecule has 1 N–H and O–H groups in total. The van der Waals surface area contributed by atoms with Gasteiger partial charge in [0, 0.05) is 0 Å². The van der Waals surface area contributed by atoms with Crippen LogP contribution >= 0.6 is 0 Å². The van der Waals surface area contributed by atoms with Crippen molar-refractivity contribution < 1.29 is 8.42 Å². The van der Waals surface area contributed by atoms with Gasteiger partial charge < -0.3 is 0 Å². The number of sulfonamides is 1. The molecule has 1 aliphatic carbocycles. The number of rotatable bonds is 5. The summed E-state index contributed by atoms with van der Waals surface area (Å²) in [6, 6.07) is 11.6. The predicted octanol–water partition coefficient (Wildman–Crippen LogP) is 5.61. The molecule has 2 aromatic rings. The fourth-order valence-electron chi connectivity index (χ4n) is 3.74. The minimum Gasteiger partial charge on any atom is -0.279 e. The van der Waals surface area contributed by atoms with E-state index in [0.29, 0.717) is 4.90 Å². The minimum absolute atomic E-state index is 0.245. The summed E-state index contributed by atoms with van der Waals surface area (Å²) < 4.78 is 29.2. The van der Waals surface area contributed by atoms with E-state index < -0.39 is 10.0 Å². The van der Waals surface area contributed by atoms with E-state index in [0.717, 1.165) is 36.1 Å². The van der Waals surface area contributed by atoms with Crippen molar-refractivity contribution in [2.75, 3.05) is 4.72 Å². The molecule has 0 aliphatic heterocycles. The molecular weight excluding hydrogens is 342 g/mol. The Morgan fingerprint density at radius 2 is 1.42 bits per heavy atom. The van der Waals surface area contributed by atoms with E-state index in [1.54, 1.807) is 6.07 Å². The largest absolute Gasteiger partial charge is 0.279 e. The maximum atomic E-state index is 13.1. The number of aryl methyl sites for hydroxylation is 2. The maximum Gasteiger partial charge on any atom is 0.261 e. The number of hydrogen-bond donors (Lipinski definition) is 1. The highest BCUT2D eigenvalue weighted by atomic mass is 32.2. The highest BCUT2D eigenvalue weighted by Gasteiger charge is 2.22. The SMILES string of the molecule is CC(C)c1cccc(C(C)C)c1NS(=O)(=O)c1ccc2c(c1)CCCC2. The Morgan fingerprint density at radius 1 is 0.846 bits per heavy atom. The van der Waals surface area contributed by atoms with Crippen LogP contribution in [-0.2, 0) is 22.9 Å². The monoisotopic (exact) mass is 371 g/mol. The average molecular weight is 372 g/mol. The van der Waals surface area contributed by atoms with Crippen molar-refractivity contribution in [3.05, 3.63) is 58.7 Å². The van der Waals surface area contributed by atoms with Crippen LogP contribution in [0.1, 0.15) is 74.6 Å². The summed E-state index contributed by atoms with van der Waals surface area (Å²) in [5.74, 6) is 0.491. The van der Waals surface area contributed by atoms with Crippen LogP contribution in [0.3, 0.4) is 0 Å². The van der Waals surface area contributed by atoms with Crippen molar-refractivity contribution in [2.24, 2.45) is 0 Å². The van der Waals surface area contributed by atoms with Gasteiger partial charge in [-0.1, -0.05) is 52.0 Å². The summed E-state index contributed by atoms with van der Waals surface area (Å²) in [7, 11) is -3.61. The molecule has 0 spiro atoms. The van der Waals surface area contributed by atoms with E-state index in [1.807, 2.05) is 30.3 Å². The van der Waals surface area contributed by atoms with Crippen LogP contribution in [0, 0.1) is 0 Å². The number of benzene rings is 2. The lowest BCUT2D eigenvalue weighted by Crippen LogP contribution is -2.17. The molecular formula is C22H29NO2S. The van der Waals surface area contributed by atoms with Gasteiger partial charge in [0.25, 0.3) is 10.0 Å².